The van der Waals surface area contributed by atoms with E-state index in [2.05, 4.69) is 31.7 Å². The van der Waals surface area contributed by atoms with Gasteiger partial charge in [0.2, 0.25) is 0 Å². The molecule has 0 aliphatic heterocycles. The molecule has 8 heteroatoms. The Morgan fingerprint density at radius 3 is 1.61 bits per heavy atom. The lowest BCUT2D eigenvalue weighted by Crippen LogP contribution is -2.39. The minimum Gasteiger partial charge on any atom is -0.508 e. The van der Waals surface area contributed by atoms with Crippen molar-refractivity contribution in [3.8, 4) is 11.5 Å². The standard InChI is InChI=1S/C27H36O5.C7H12O3.2C2H6/c1-7-27(8-2,32-25(30)19(3)4)17-23(29)18-31-24-15-11-21(12-16-24)26(5,6)20-9-13-22(28)14-10-20;1-5(2)7(9)10-4-6(3)8;2*1-2/h9-16,23,28-29H,3,7-8,17-18H2,1-2,4-6H3;6,8H,1,4H2,2-3H3;2*1-2H3. The first-order chi connectivity index (χ1) is 21.6. The number of phenolic OH excluding ortho intramolecular Hbond substituents is 1. The SMILES string of the molecule is C=C(C)C(=O)OC(CC)(CC)CC(O)COc1ccc(C(C)(C)c2ccc(O)cc2)cc1.C=C(C)C(=O)OCC(C)O.CC.CC. The van der Waals surface area contributed by atoms with Gasteiger partial charge < -0.3 is 29.5 Å². The van der Waals surface area contributed by atoms with Gasteiger partial charge in [-0.25, -0.2) is 9.59 Å². The van der Waals surface area contributed by atoms with Gasteiger partial charge in [0.15, 0.2) is 0 Å². The fraction of sp³-hybridized carbons (Fsp3) is 0.526. The van der Waals surface area contributed by atoms with Crippen LogP contribution in [0.2, 0.25) is 0 Å². The Balaban J connectivity index is 0. The van der Waals surface area contributed by atoms with Crippen molar-refractivity contribution in [1.82, 2.24) is 0 Å². The summed E-state index contributed by atoms with van der Waals surface area (Å²) in [6.45, 7) is 28.0. The third-order valence-electron chi connectivity index (χ3n) is 6.97. The van der Waals surface area contributed by atoms with E-state index >= 15 is 0 Å². The normalized spacial score (nSPS) is 11.8. The van der Waals surface area contributed by atoms with Gasteiger partial charge in [-0.3, -0.25) is 0 Å². The number of hydrogen-bond donors (Lipinski definition) is 3. The number of carbonyl (C=O) groups excluding carboxylic acids is 2. The average Bonchev–Trinajstić information content (AvgIpc) is 3.04. The van der Waals surface area contributed by atoms with Gasteiger partial charge in [0.25, 0.3) is 0 Å². The van der Waals surface area contributed by atoms with Gasteiger partial charge in [-0.05, 0) is 69.0 Å². The number of ether oxygens (including phenoxy) is 3. The van der Waals surface area contributed by atoms with Crippen LogP contribution in [0.5, 0.6) is 11.5 Å². The smallest absolute Gasteiger partial charge is 0.333 e. The molecule has 0 radical (unpaired) electrons. The van der Waals surface area contributed by atoms with Gasteiger partial charge in [-0.1, -0.05) is 92.8 Å². The highest BCUT2D eigenvalue weighted by Crippen LogP contribution is 2.33. The number of aliphatic hydroxyl groups excluding tert-OH is 2. The monoisotopic (exact) mass is 644 g/mol. The summed E-state index contributed by atoms with van der Waals surface area (Å²) in [6, 6.07) is 15.0. The first-order valence-corrected chi connectivity index (χ1v) is 16.2. The third kappa shape index (κ3) is 16.1. The van der Waals surface area contributed by atoms with E-state index in [1.54, 1.807) is 32.9 Å². The van der Waals surface area contributed by atoms with Crippen molar-refractivity contribution >= 4 is 11.9 Å². The molecule has 2 unspecified atom stereocenters. The summed E-state index contributed by atoms with van der Waals surface area (Å²) in [6.07, 6.45) is 0.107. The summed E-state index contributed by atoms with van der Waals surface area (Å²) in [7, 11) is 0. The van der Waals surface area contributed by atoms with Crippen molar-refractivity contribution in [3.05, 3.63) is 84.0 Å². The van der Waals surface area contributed by atoms with Crippen LogP contribution >= 0.6 is 0 Å². The molecule has 8 nitrogen and oxygen atoms in total. The molecular weight excluding hydrogens is 584 g/mol. The summed E-state index contributed by atoms with van der Waals surface area (Å²) < 4.78 is 16.0. The Morgan fingerprint density at radius 2 is 1.22 bits per heavy atom. The van der Waals surface area contributed by atoms with Gasteiger partial charge in [0.05, 0.1) is 12.2 Å². The lowest BCUT2D eigenvalue weighted by molar-refractivity contribution is -0.159. The van der Waals surface area contributed by atoms with Gasteiger partial charge in [0.1, 0.15) is 30.3 Å². The molecule has 0 spiro atoms. The van der Waals surface area contributed by atoms with Crippen LogP contribution in [0, 0.1) is 0 Å². The molecule has 2 aromatic carbocycles. The number of phenols is 1. The molecule has 0 amide bonds. The molecule has 0 aliphatic rings. The molecule has 0 saturated carbocycles. The maximum Gasteiger partial charge on any atom is 0.333 e. The van der Waals surface area contributed by atoms with Crippen LogP contribution < -0.4 is 4.74 Å². The highest BCUT2D eigenvalue weighted by molar-refractivity contribution is 5.87. The van der Waals surface area contributed by atoms with Crippen LogP contribution in [0.15, 0.2) is 72.8 Å². The van der Waals surface area contributed by atoms with E-state index in [0.717, 1.165) is 11.1 Å². The molecule has 2 aromatic rings. The molecule has 2 atom stereocenters. The predicted molar refractivity (Wildman–Crippen MR) is 187 cm³/mol. The molecule has 0 fully saturated rings. The van der Waals surface area contributed by atoms with Crippen LogP contribution in [-0.2, 0) is 24.5 Å². The molecule has 2 rings (SSSR count). The van der Waals surface area contributed by atoms with Gasteiger partial charge in [0, 0.05) is 23.0 Å². The fourth-order valence-electron chi connectivity index (χ4n) is 4.02. The Labute approximate surface area is 278 Å². The zero-order chi connectivity index (χ0) is 36.1. The maximum atomic E-state index is 12.0. The molecule has 0 aromatic heterocycles. The van der Waals surface area contributed by atoms with Gasteiger partial charge >= 0.3 is 11.9 Å². The van der Waals surface area contributed by atoms with Crippen LogP contribution in [0.4, 0.5) is 0 Å². The molecule has 46 heavy (non-hydrogen) atoms. The predicted octanol–water partition coefficient (Wildman–Crippen LogP) is 8.06. The number of aromatic hydroxyl groups is 1. The zero-order valence-electron chi connectivity index (χ0n) is 30.1. The van der Waals surface area contributed by atoms with Crippen molar-refractivity contribution in [2.45, 2.75) is 119 Å². The number of carbonyl (C=O) groups is 2. The number of aliphatic hydroxyl groups is 2. The maximum absolute atomic E-state index is 12.0. The summed E-state index contributed by atoms with van der Waals surface area (Å²) in [5, 5.41) is 28.8. The first-order valence-electron chi connectivity index (χ1n) is 16.2. The molecule has 3 N–H and O–H groups in total. The topological polar surface area (TPSA) is 123 Å². The average molecular weight is 645 g/mol. The first kappa shape index (κ1) is 44.5. The van der Waals surface area contributed by atoms with Crippen LogP contribution in [0.3, 0.4) is 0 Å². The Kier molecular flexibility index (Phi) is 22.1. The highest BCUT2D eigenvalue weighted by Gasteiger charge is 2.33. The van der Waals surface area contributed by atoms with Gasteiger partial charge in [-0.15, -0.1) is 0 Å². The van der Waals surface area contributed by atoms with Gasteiger partial charge in [-0.2, -0.15) is 0 Å². The molecule has 0 bridgehead atoms. The van der Waals surface area contributed by atoms with Crippen LogP contribution in [-0.4, -0.2) is 58.3 Å². The lowest BCUT2D eigenvalue weighted by atomic mass is 9.78. The Bertz CT molecular complexity index is 1160. The van der Waals surface area contributed by atoms with E-state index in [0.29, 0.717) is 36.2 Å². The number of esters is 2. The second-order valence-electron chi connectivity index (χ2n) is 11.2. The van der Waals surface area contributed by atoms with Crippen molar-refractivity contribution in [3.63, 3.8) is 0 Å². The minimum absolute atomic E-state index is 0.0334. The van der Waals surface area contributed by atoms with E-state index in [9.17, 15) is 19.8 Å². The largest absolute Gasteiger partial charge is 0.508 e. The summed E-state index contributed by atoms with van der Waals surface area (Å²) in [4.78, 5) is 22.6. The quantitative estimate of drug-likeness (QED) is 0.139. The fourth-order valence-corrected chi connectivity index (χ4v) is 4.02. The van der Waals surface area contributed by atoms with E-state index in [4.69, 9.17) is 14.6 Å². The van der Waals surface area contributed by atoms with Crippen LogP contribution in [0.1, 0.15) is 107 Å². The third-order valence-corrected chi connectivity index (χ3v) is 6.97. The molecule has 0 heterocycles. The molecule has 0 aliphatic carbocycles. The van der Waals surface area contributed by atoms with E-state index < -0.39 is 29.7 Å². The van der Waals surface area contributed by atoms with Crippen molar-refractivity contribution in [2.24, 2.45) is 0 Å². The molecule has 260 valence electrons. The van der Waals surface area contributed by atoms with E-state index in [1.165, 1.54) is 0 Å². The zero-order valence-corrected chi connectivity index (χ0v) is 30.1. The van der Waals surface area contributed by atoms with Crippen LogP contribution in [0.25, 0.3) is 0 Å². The van der Waals surface area contributed by atoms with Crippen molar-refractivity contribution in [2.75, 3.05) is 13.2 Å². The summed E-state index contributed by atoms with van der Waals surface area (Å²) >= 11 is 0. The summed E-state index contributed by atoms with van der Waals surface area (Å²) in [5.41, 5.74) is 1.92. The van der Waals surface area contributed by atoms with Crippen molar-refractivity contribution < 1.29 is 39.1 Å². The Morgan fingerprint density at radius 1 is 0.783 bits per heavy atom. The van der Waals surface area contributed by atoms with E-state index in [1.807, 2.05) is 77.9 Å². The number of rotatable bonds is 14. The lowest BCUT2D eigenvalue weighted by Gasteiger charge is -2.33. The second kappa shape index (κ2) is 22.8. The number of benzene rings is 2. The summed E-state index contributed by atoms with van der Waals surface area (Å²) in [5.74, 6) is 0.0118. The number of hydrogen-bond acceptors (Lipinski definition) is 8. The van der Waals surface area contributed by atoms with Crippen molar-refractivity contribution in [1.29, 1.82) is 0 Å². The molecule has 0 saturated heterocycles. The second-order valence-corrected chi connectivity index (χ2v) is 11.2. The Hall–Kier alpha value is -3.62. The highest BCUT2D eigenvalue weighted by atomic mass is 16.6. The minimum atomic E-state index is -0.777. The van der Waals surface area contributed by atoms with E-state index in [-0.39, 0.29) is 24.4 Å². The molecular formula is C38H60O8.